The maximum absolute atomic E-state index is 12.1. The second-order valence-corrected chi connectivity index (χ2v) is 8.84. The summed E-state index contributed by atoms with van der Waals surface area (Å²) in [4.78, 5) is 12.1. The molecule has 136 valence electrons. The van der Waals surface area contributed by atoms with Gasteiger partial charge in [-0.1, -0.05) is 18.9 Å². The van der Waals surface area contributed by atoms with Crippen LogP contribution >= 0.6 is 0 Å². The molecule has 3 saturated carbocycles. The van der Waals surface area contributed by atoms with Crippen molar-refractivity contribution in [2.45, 2.75) is 69.5 Å². The molecule has 0 aliphatic heterocycles. The van der Waals surface area contributed by atoms with Crippen LogP contribution in [0.2, 0.25) is 0 Å². The Hall–Kier alpha value is -1.11. The van der Waals surface area contributed by atoms with Crippen LogP contribution in [0.15, 0.2) is 12.2 Å². The molecule has 1 N–H and O–H groups in total. The van der Waals surface area contributed by atoms with Gasteiger partial charge in [0.2, 0.25) is 0 Å². The number of carbonyl (C=O) groups excluding carboxylic acids is 1. The van der Waals surface area contributed by atoms with Crippen LogP contribution in [0.25, 0.3) is 0 Å². The average Bonchev–Trinajstić information content (AvgIpc) is 2.95. The van der Waals surface area contributed by atoms with Gasteiger partial charge in [0.25, 0.3) is 0 Å². The van der Waals surface area contributed by atoms with Gasteiger partial charge in [0.1, 0.15) is 11.4 Å². The number of fused-ring (bicyclic) bond motifs is 5. The predicted molar refractivity (Wildman–Crippen MR) is 96.7 cm³/mol. The lowest BCUT2D eigenvalue weighted by Gasteiger charge is -2.59. The molecule has 0 radical (unpaired) electrons. The van der Waals surface area contributed by atoms with Gasteiger partial charge in [-0.05, 0) is 68.3 Å². The molecule has 0 aromatic heterocycles. The van der Waals surface area contributed by atoms with E-state index in [1.807, 2.05) is 6.08 Å². The van der Waals surface area contributed by atoms with Crippen molar-refractivity contribution in [1.29, 1.82) is 0 Å². The number of methoxy groups -OCH3 is 1. The van der Waals surface area contributed by atoms with Gasteiger partial charge in [0.05, 0.1) is 5.60 Å². The minimum Gasteiger partial charge on any atom is -0.377 e. The van der Waals surface area contributed by atoms with Gasteiger partial charge in [0, 0.05) is 25.4 Å². The molecule has 4 aliphatic carbocycles. The highest BCUT2D eigenvalue weighted by atomic mass is 16.5. The van der Waals surface area contributed by atoms with Crippen molar-refractivity contribution < 1.29 is 14.6 Å². The molecule has 4 aliphatic rings. The van der Waals surface area contributed by atoms with E-state index in [0.717, 1.165) is 38.5 Å². The van der Waals surface area contributed by atoms with Gasteiger partial charge >= 0.3 is 0 Å². The van der Waals surface area contributed by atoms with Gasteiger partial charge < -0.3 is 9.84 Å². The van der Waals surface area contributed by atoms with Crippen LogP contribution in [0.4, 0.5) is 0 Å². The van der Waals surface area contributed by atoms with E-state index in [2.05, 4.69) is 18.9 Å². The van der Waals surface area contributed by atoms with Crippen molar-refractivity contribution in [3.63, 3.8) is 0 Å². The zero-order valence-electron chi connectivity index (χ0n) is 15.5. The Balaban J connectivity index is 1.68. The lowest BCUT2D eigenvalue weighted by molar-refractivity contribution is -0.179. The monoisotopic (exact) mass is 342 g/mol. The molecule has 0 unspecified atom stereocenters. The lowest BCUT2D eigenvalue weighted by atomic mass is 9.47. The third-order valence-electron chi connectivity index (χ3n) is 8.46. The first-order valence-corrected chi connectivity index (χ1v) is 9.91. The minimum atomic E-state index is -1.10. The van der Waals surface area contributed by atoms with E-state index in [-0.39, 0.29) is 11.0 Å². The van der Waals surface area contributed by atoms with Crippen LogP contribution in [0.5, 0.6) is 0 Å². The summed E-state index contributed by atoms with van der Waals surface area (Å²) < 4.78 is 6.01. The quantitative estimate of drug-likeness (QED) is 0.617. The molecule has 3 fully saturated rings. The fourth-order valence-electron chi connectivity index (χ4n) is 7.18. The molecule has 25 heavy (non-hydrogen) atoms. The molecule has 0 spiro atoms. The first kappa shape index (κ1) is 17.3. The van der Waals surface area contributed by atoms with Crippen LogP contribution in [0.1, 0.15) is 58.3 Å². The second-order valence-electron chi connectivity index (χ2n) is 8.84. The topological polar surface area (TPSA) is 46.5 Å². The number of ketones is 1. The Bertz CT molecular complexity index is 646. The fourth-order valence-corrected chi connectivity index (χ4v) is 7.18. The van der Waals surface area contributed by atoms with Crippen molar-refractivity contribution in [2.75, 3.05) is 7.11 Å². The Morgan fingerprint density at radius 2 is 2.08 bits per heavy atom. The fraction of sp³-hybridized carbons (Fsp3) is 0.773. The highest BCUT2D eigenvalue weighted by molar-refractivity contribution is 5.80. The van der Waals surface area contributed by atoms with E-state index >= 15 is 0 Å². The van der Waals surface area contributed by atoms with Crippen LogP contribution in [0.3, 0.4) is 0 Å². The Morgan fingerprint density at radius 3 is 2.76 bits per heavy atom. The van der Waals surface area contributed by atoms with Crippen molar-refractivity contribution in [2.24, 2.45) is 29.1 Å². The molecule has 0 saturated heterocycles. The Kier molecular flexibility index (Phi) is 3.94. The first-order chi connectivity index (χ1) is 12.0. The molecule has 0 bridgehead atoms. The third-order valence-corrected chi connectivity index (χ3v) is 8.46. The zero-order valence-corrected chi connectivity index (χ0v) is 15.5. The predicted octanol–water partition coefficient (Wildman–Crippen LogP) is 3.51. The van der Waals surface area contributed by atoms with Crippen molar-refractivity contribution in [1.82, 2.24) is 0 Å². The van der Waals surface area contributed by atoms with E-state index in [9.17, 15) is 9.90 Å². The van der Waals surface area contributed by atoms with E-state index in [0.29, 0.717) is 42.3 Å². The maximum Gasteiger partial charge on any atom is 0.149 e. The number of terminal acetylenes is 1. The van der Waals surface area contributed by atoms with Gasteiger partial charge in [-0.3, -0.25) is 4.79 Å². The van der Waals surface area contributed by atoms with Gasteiger partial charge in [0.15, 0.2) is 0 Å². The molecule has 3 nitrogen and oxygen atoms in total. The number of hydrogen-bond donors (Lipinski definition) is 1. The average molecular weight is 342 g/mol. The van der Waals surface area contributed by atoms with Gasteiger partial charge in [-0.15, -0.1) is 6.42 Å². The van der Waals surface area contributed by atoms with E-state index in [1.54, 1.807) is 7.11 Å². The Morgan fingerprint density at radius 1 is 1.32 bits per heavy atom. The van der Waals surface area contributed by atoms with Crippen LogP contribution < -0.4 is 0 Å². The molecule has 0 amide bonds. The van der Waals surface area contributed by atoms with Crippen molar-refractivity contribution in [3.05, 3.63) is 12.2 Å². The molecule has 0 aromatic carbocycles. The Labute approximate surface area is 151 Å². The van der Waals surface area contributed by atoms with Crippen LogP contribution in [-0.2, 0) is 9.53 Å². The number of hydrogen-bond acceptors (Lipinski definition) is 3. The first-order valence-electron chi connectivity index (χ1n) is 9.91. The summed E-state index contributed by atoms with van der Waals surface area (Å²) in [7, 11) is 1.79. The van der Waals surface area contributed by atoms with Gasteiger partial charge in [-0.2, -0.15) is 0 Å². The number of rotatable bonds is 2. The van der Waals surface area contributed by atoms with Gasteiger partial charge in [-0.25, -0.2) is 0 Å². The van der Waals surface area contributed by atoms with Crippen molar-refractivity contribution >= 4 is 5.78 Å². The molecule has 0 heterocycles. The molecular formula is C22H30O3. The summed E-state index contributed by atoms with van der Waals surface area (Å²) in [6.07, 6.45) is 17.1. The summed E-state index contributed by atoms with van der Waals surface area (Å²) in [5, 5.41) is 11.1. The molecule has 0 aromatic rings. The summed E-state index contributed by atoms with van der Waals surface area (Å²) in [6, 6.07) is 0. The molecule has 4 rings (SSSR count). The lowest BCUT2D eigenvalue weighted by Crippen LogP contribution is -2.59. The van der Waals surface area contributed by atoms with E-state index in [1.165, 1.54) is 0 Å². The molecular weight excluding hydrogens is 312 g/mol. The number of Topliss-reactive ketones (excluding diaryl/α,β-unsaturated/α-hetero) is 1. The summed E-state index contributed by atoms with van der Waals surface area (Å²) in [5.41, 5.74) is -1.55. The normalized spacial score (nSPS) is 51.4. The molecule has 3 heteroatoms. The summed E-state index contributed by atoms with van der Waals surface area (Å²) >= 11 is 0. The number of aliphatic hydroxyl groups is 1. The SMILES string of the molecule is C#C[C@]1(O)C=C[C@H]2[C@@H]3CC[C@]4(OC)CC(=O)CC[C@@H]4[C@H]3CC[C@@]21CC. The second kappa shape index (κ2) is 5.69. The smallest absolute Gasteiger partial charge is 0.149 e. The highest BCUT2D eigenvalue weighted by Crippen LogP contribution is 2.65. The van der Waals surface area contributed by atoms with Crippen LogP contribution in [0, 0.1) is 41.4 Å². The van der Waals surface area contributed by atoms with E-state index < -0.39 is 5.60 Å². The summed E-state index contributed by atoms with van der Waals surface area (Å²) in [5.74, 6) is 5.02. The maximum atomic E-state index is 12.1. The number of ether oxygens (including phenoxy) is 1. The van der Waals surface area contributed by atoms with Crippen molar-refractivity contribution in [3.8, 4) is 12.3 Å². The highest BCUT2D eigenvalue weighted by Gasteiger charge is 2.63. The molecule has 7 atom stereocenters. The minimum absolute atomic E-state index is 0.208. The zero-order chi connectivity index (χ0) is 17.9. The van der Waals surface area contributed by atoms with Crippen LogP contribution in [-0.4, -0.2) is 29.2 Å². The standard InChI is InChI=1S/C22H30O3/c1-4-20-11-8-17-16(18(20)10-13-22(20,24)5-2)9-12-21(25-3)14-15(23)6-7-19(17)21/h2,10,13,16-19,24H,4,6-9,11-12,14H2,1,3H3/t16-,17+,18+,19-,20+,21+,22+/m1/s1. The van der Waals surface area contributed by atoms with E-state index in [4.69, 9.17) is 11.2 Å². The largest absolute Gasteiger partial charge is 0.377 e. The number of carbonyl (C=O) groups is 1. The number of allylic oxidation sites excluding steroid dienone is 1. The third kappa shape index (κ3) is 2.10. The summed E-state index contributed by atoms with van der Waals surface area (Å²) in [6.45, 7) is 2.17.